The van der Waals surface area contributed by atoms with Crippen LogP contribution in [0.5, 0.6) is 5.75 Å². The summed E-state index contributed by atoms with van der Waals surface area (Å²) in [5.41, 5.74) is 0. The molecule has 0 saturated carbocycles. The highest BCUT2D eigenvalue weighted by atomic mass is 16.5. The van der Waals surface area contributed by atoms with Crippen LogP contribution < -0.4 is 9.64 Å². The van der Waals surface area contributed by atoms with Crippen molar-refractivity contribution in [2.24, 2.45) is 5.92 Å². The van der Waals surface area contributed by atoms with Crippen LogP contribution in [0.2, 0.25) is 0 Å². The Morgan fingerprint density at radius 1 is 1.18 bits per heavy atom. The van der Waals surface area contributed by atoms with Gasteiger partial charge >= 0.3 is 0 Å². The third-order valence-corrected chi connectivity index (χ3v) is 5.40. The normalized spacial score (nSPS) is 22.5. The lowest BCUT2D eigenvalue weighted by atomic mass is 9.96. The van der Waals surface area contributed by atoms with Crippen LogP contribution in [0.1, 0.15) is 12.8 Å². The van der Waals surface area contributed by atoms with Crippen molar-refractivity contribution in [2.45, 2.75) is 12.8 Å². The molecule has 0 aliphatic carbocycles. The first kappa shape index (κ1) is 18.7. The molecule has 4 heterocycles. The van der Waals surface area contributed by atoms with E-state index in [0.717, 1.165) is 12.8 Å². The fraction of sp³-hybridized carbons (Fsp3) is 0.579. The second kappa shape index (κ2) is 8.14. The SMILES string of the molecule is O=C(CN1C(=O)COc2cccnc21)N1CCC[C@@H](C(=O)N2CCOCC2)C1. The number of aromatic nitrogens is 1. The van der Waals surface area contributed by atoms with Crippen LogP contribution >= 0.6 is 0 Å². The highest BCUT2D eigenvalue weighted by Gasteiger charge is 2.34. The summed E-state index contributed by atoms with van der Waals surface area (Å²) in [7, 11) is 0. The van der Waals surface area contributed by atoms with Gasteiger partial charge in [-0.2, -0.15) is 0 Å². The zero-order chi connectivity index (χ0) is 19.5. The number of amides is 3. The number of carbonyl (C=O) groups is 3. The molecule has 0 bridgehead atoms. The summed E-state index contributed by atoms with van der Waals surface area (Å²) in [6, 6.07) is 3.45. The molecule has 0 unspecified atom stereocenters. The third-order valence-electron chi connectivity index (χ3n) is 5.40. The van der Waals surface area contributed by atoms with Crippen molar-refractivity contribution in [1.82, 2.24) is 14.8 Å². The Labute approximate surface area is 163 Å². The van der Waals surface area contributed by atoms with Gasteiger partial charge in [-0.3, -0.25) is 19.3 Å². The number of carbonyl (C=O) groups excluding carboxylic acids is 3. The van der Waals surface area contributed by atoms with E-state index in [2.05, 4.69) is 4.98 Å². The van der Waals surface area contributed by atoms with E-state index in [1.165, 1.54) is 4.90 Å². The van der Waals surface area contributed by atoms with E-state index in [-0.39, 0.29) is 36.8 Å². The Bertz CT molecular complexity index is 764. The average molecular weight is 388 g/mol. The highest BCUT2D eigenvalue weighted by Crippen LogP contribution is 2.29. The molecule has 0 aromatic carbocycles. The molecule has 0 radical (unpaired) electrons. The number of morpholine rings is 1. The molecule has 0 spiro atoms. The number of ether oxygens (including phenoxy) is 2. The molecule has 3 aliphatic rings. The average Bonchev–Trinajstić information content (AvgIpc) is 2.76. The predicted molar refractivity (Wildman–Crippen MR) is 98.8 cm³/mol. The fourth-order valence-electron chi connectivity index (χ4n) is 3.88. The number of piperidine rings is 1. The maximum Gasteiger partial charge on any atom is 0.266 e. The van der Waals surface area contributed by atoms with Crippen LogP contribution in [0.15, 0.2) is 18.3 Å². The molecular formula is C19H24N4O5. The Hall–Kier alpha value is -2.68. The van der Waals surface area contributed by atoms with Gasteiger partial charge in [-0.25, -0.2) is 4.98 Å². The molecule has 150 valence electrons. The van der Waals surface area contributed by atoms with Crippen molar-refractivity contribution in [3.8, 4) is 5.75 Å². The van der Waals surface area contributed by atoms with E-state index in [1.807, 2.05) is 4.90 Å². The van der Waals surface area contributed by atoms with Crippen molar-refractivity contribution < 1.29 is 23.9 Å². The standard InChI is InChI=1S/C19H24N4O5/c24-16(12-23-17(25)13-28-15-4-1-5-20-18(15)23)22-6-2-3-14(11-22)19(26)21-7-9-27-10-8-21/h1,4-5,14H,2-3,6-13H2/t14-/m1/s1. The van der Waals surface area contributed by atoms with Gasteiger partial charge in [0.15, 0.2) is 18.2 Å². The molecule has 1 atom stereocenters. The number of anilines is 1. The lowest BCUT2D eigenvalue weighted by Gasteiger charge is -2.37. The first-order chi connectivity index (χ1) is 13.6. The molecule has 9 heteroatoms. The zero-order valence-electron chi connectivity index (χ0n) is 15.7. The molecule has 9 nitrogen and oxygen atoms in total. The number of fused-ring (bicyclic) bond motifs is 1. The summed E-state index contributed by atoms with van der Waals surface area (Å²) in [4.78, 5) is 47.0. The molecule has 0 N–H and O–H groups in total. The molecule has 2 saturated heterocycles. The lowest BCUT2D eigenvalue weighted by molar-refractivity contribution is -0.144. The van der Waals surface area contributed by atoms with E-state index < -0.39 is 0 Å². The minimum Gasteiger partial charge on any atom is -0.480 e. The first-order valence-electron chi connectivity index (χ1n) is 9.66. The van der Waals surface area contributed by atoms with Gasteiger partial charge in [0.05, 0.1) is 19.1 Å². The molecule has 28 heavy (non-hydrogen) atoms. The Morgan fingerprint density at radius 2 is 2.00 bits per heavy atom. The Balaban J connectivity index is 1.41. The molecule has 1 aromatic heterocycles. The zero-order valence-corrected chi connectivity index (χ0v) is 15.7. The van der Waals surface area contributed by atoms with Crippen molar-refractivity contribution in [1.29, 1.82) is 0 Å². The lowest BCUT2D eigenvalue weighted by Crippen LogP contribution is -2.52. The van der Waals surface area contributed by atoms with E-state index >= 15 is 0 Å². The summed E-state index contributed by atoms with van der Waals surface area (Å²) in [5, 5.41) is 0. The van der Waals surface area contributed by atoms with Gasteiger partial charge in [-0.05, 0) is 25.0 Å². The van der Waals surface area contributed by atoms with E-state index in [4.69, 9.17) is 9.47 Å². The van der Waals surface area contributed by atoms with Crippen molar-refractivity contribution in [3.63, 3.8) is 0 Å². The number of likely N-dealkylation sites (tertiary alicyclic amines) is 1. The van der Waals surface area contributed by atoms with Gasteiger partial charge < -0.3 is 19.3 Å². The largest absolute Gasteiger partial charge is 0.480 e. The first-order valence-corrected chi connectivity index (χ1v) is 9.66. The van der Waals surface area contributed by atoms with E-state index in [9.17, 15) is 14.4 Å². The number of nitrogens with zero attached hydrogens (tertiary/aromatic N) is 4. The van der Waals surface area contributed by atoms with Crippen molar-refractivity contribution in [2.75, 3.05) is 57.4 Å². The molecule has 3 amide bonds. The van der Waals surface area contributed by atoms with Crippen LogP contribution in [-0.2, 0) is 19.1 Å². The topological polar surface area (TPSA) is 92.3 Å². The van der Waals surface area contributed by atoms with Gasteiger partial charge in [0.2, 0.25) is 11.8 Å². The quantitative estimate of drug-likeness (QED) is 0.718. The van der Waals surface area contributed by atoms with Gasteiger partial charge in [-0.1, -0.05) is 0 Å². The molecule has 1 aromatic rings. The van der Waals surface area contributed by atoms with Gasteiger partial charge in [-0.15, -0.1) is 0 Å². The van der Waals surface area contributed by atoms with Crippen molar-refractivity contribution in [3.05, 3.63) is 18.3 Å². The maximum absolute atomic E-state index is 12.9. The van der Waals surface area contributed by atoms with Crippen molar-refractivity contribution >= 4 is 23.5 Å². The van der Waals surface area contributed by atoms with Gasteiger partial charge in [0, 0.05) is 32.4 Å². The summed E-state index contributed by atoms with van der Waals surface area (Å²) in [6.45, 7) is 3.12. The third kappa shape index (κ3) is 3.80. The van der Waals surface area contributed by atoms with Crippen LogP contribution in [0.25, 0.3) is 0 Å². The second-order valence-electron chi connectivity index (χ2n) is 7.21. The molecule has 3 aliphatic heterocycles. The van der Waals surface area contributed by atoms with E-state index in [0.29, 0.717) is 51.0 Å². The fourth-order valence-corrected chi connectivity index (χ4v) is 3.88. The van der Waals surface area contributed by atoms with Gasteiger partial charge in [0.25, 0.3) is 5.91 Å². The highest BCUT2D eigenvalue weighted by molar-refractivity contribution is 6.01. The van der Waals surface area contributed by atoms with E-state index in [1.54, 1.807) is 23.2 Å². The minimum absolute atomic E-state index is 0.0926. The minimum atomic E-state index is -0.294. The number of hydrogen-bond donors (Lipinski definition) is 0. The molecular weight excluding hydrogens is 364 g/mol. The van der Waals surface area contributed by atoms with Crippen LogP contribution in [0.3, 0.4) is 0 Å². The van der Waals surface area contributed by atoms with Crippen LogP contribution in [0, 0.1) is 5.92 Å². The predicted octanol–water partition coefficient (Wildman–Crippen LogP) is -0.0956. The number of rotatable bonds is 3. The summed E-state index contributed by atoms with van der Waals surface area (Å²) < 4.78 is 10.7. The summed E-state index contributed by atoms with van der Waals surface area (Å²) in [6.07, 6.45) is 3.12. The smallest absolute Gasteiger partial charge is 0.266 e. The Kier molecular flexibility index (Phi) is 5.43. The van der Waals surface area contributed by atoms with Crippen LogP contribution in [0.4, 0.5) is 5.82 Å². The van der Waals surface area contributed by atoms with Crippen LogP contribution in [-0.4, -0.2) is 85.0 Å². The summed E-state index contributed by atoms with van der Waals surface area (Å²) in [5.74, 6) is 0.291. The maximum atomic E-state index is 12.9. The number of hydrogen-bond acceptors (Lipinski definition) is 6. The van der Waals surface area contributed by atoms with Gasteiger partial charge in [0.1, 0.15) is 6.54 Å². The molecule has 2 fully saturated rings. The second-order valence-corrected chi connectivity index (χ2v) is 7.21. The molecule has 4 rings (SSSR count). The number of pyridine rings is 1. The Morgan fingerprint density at radius 3 is 2.82 bits per heavy atom. The summed E-state index contributed by atoms with van der Waals surface area (Å²) >= 11 is 0. The monoisotopic (exact) mass is 388 g/mol.